The minimum absolute atomic E-state index is 0.00578. The van der Waals surface area contributed by atoms with Crippen LogP contribution in [-0.2, 0) is 15.8 Å². The molecule has 0 radical (unpaired) electrons. The molecule has 2 heterocycles. The van der Waals surface area contributed by atoms with Crippen molar-refractivity contribution in [2.24, 2.45) is 5.92 Å². The van der Waals surface area contributed by atoms with E-state index in [1.54, 1.807) is 7.05 Å². The lowest BCUT2D eigenvalue weighted by Gasteiger charge is -2.40. The van der Waals surface area contributed by atoms with Crippen molar-refractivity contribution in [1.29, 1.82) is 0 Å². The van der Waals surface area contributed by atoms with Crippen molar-refractivity contribution in [3.63, 3.8) is 0 Å². The molecule has 0 saturated carbocycles. The Balaban J connectivity index is 1.78. The highest BCUT2D eigenvalue weighted by Gasteiger charge is 2.38. The average molecular weight is 413 g/mol. The highest BCUT2D eigenvalue weighted by Crippen LogP contribution is 2.34. The number of alkyl halides is 3. The summed E-state index contributed by atoms with van der Waals surface area (Å²) >= 11 is 0. The molecule has 3 amide bonds. The minimum atomic E-state index is -4.45. The Kier molecular flexibility index (Phi) is 5.72. The molecule has 2 aliphatic rings. The van der Waals surface area contributed by atoms with Crippen LogP contribution in [0.25, 0.3) is 0 Å². The summed E-state index contributed by atoms with van der Waals surface area (Å²) < 4.78 is 38.4. The standard InChI is InChI=1S/C19H22F3N3O4/c1-23-6-7-24(11-16(23)26)18(29)25-9-13(8-14(10-25)17(27)28)12-2-4-15(5-3-12)19(20,21)22/h2-5,13-14H,6-11H2,1H3,(H,27,28). The molecule has 2 atom stereocenters. The van der Waals surface area contributed by atoms with E-state index < -0.39 is 35.6 Å². The second kappa shape index (κ2) is 7.92. The van der Waals surface area contributed by atoms with Crippen LogP contribution in [0.4, 0.5) is 18.0 Å². The molecule has 29 heavy (non-hydrogen) atoms. The molecule has 0 aromatic heterocycles. The summed E-state index contributed by atoms with van der Waals surface area (Å²) in [4.78, 5) is 40.7. The largest absolute Gasteiger partial charge is 0.481 e. The van der Waals surface area contributed by atoms with Crippen LogP contribution < -0.4 is 0 Å². The Hall–Kier alpha value is -2.78. The first kappa shape index (κ1) is 20.9. The number of amides is 3. The molecule has 1 aromatic rings. The van der Waals surface area contributed by atoms with Gasteiger partial charge in [0.1, 0.15) is 6.54 Å². The van der Waals surface area contributed by atoms with Gasteiger partial charge in [0.15, 0.2) is 0 Å². The Labute approximate surface area is 165 Å². The van der Waals surface area contributed by atoms with Gasteiger partial charge in [-0.2, -0.15) is 13.2 Å². The quantitative estimate of drug-likeness (QED) is 0.805. The third-order valence-electron chi connectivity index (χ3n) is 5.51. The molecule has 10 heteroatoms. The number of halogens is 3. The van der Waals surface area contributed by atoms with Crippen molar-refractivity contribution in [1.82, 2.24) is 14.7 Å². The van der Waals surface area contributed by atoms with Crippen LogP contribution >= 0.6 is 0 Å². The minimum Gasteiger partial charge on any atom is -0.481 e. The zero-order valence-electron chi connectivity index (χ0n) is 15.9. The number of urea groups is 1. The number of benzene rings is 1. The summed E-state index contributed by atoms with van der Waals surface area (Å²) in [5, 5.41) is 9.48. The lowest BCUT2D eigenvalue weighted by molar-refractivity contribution is -0.143. The molecule has 1 aromatic carbocycles. The lowest BCUT2D eigenvalue weighted by Crippen LogP contribution is -2.56. The fraction of sp³-hybridized carbons (Fsp3) is 0.526. The number of piperazine rings is 1. The molecular formula is C19H22F3N3O4. The fourth-order valence-corrected chi connectivity index (χ4v) is 3.74. The third-order valence-corrected chi connectivity index (χ3v) is 5.51. The van der Waals surface area contributed by atoms with Gasteiger partial charge in [0.05, 0.1) is 11.5 Å². The number of carboxylic acids is 1. The summed E-state index contributed by atoms with van der Waals surface area (Å²) in [6, 6.07) is 4.17. The van der Waals surface area contributed by atoms with Gasteiger partial charge >= 0.3 is 18.2 Å². The predicted octanol–water partition coefficient (Wildman–Crippen LogP) is 2.09. The highest BCUT2D eigenvalue weighted by molar-refractivity contribution is 5.85. The number of aliphatic carboxylic acids is 1. The van der Waals surface area contributed by atoms with Crippen LogP contribution in [0.15, 0.2) is 24.3 Å². The van der Waals surface area contributed by atoms with Gasteiger partial charge < -0.3 is 19.8 Å². The van der Waals surface area contributed by atoms with E-state index in [0.717, 1.165) is 12.1 Å². The molecule has 7 nitrogen and oxygen atoms in total. The first-order valence-electron chi connectivity index (χ1n) is 9.24. The maximum absolute atomic E-state index is 12.9. The number of nitrogens with zero attached hydrogens (tertiary/aromatic N) is 3. The van der Waals surface area contributed by atoms with Crippen molar-refractivity contribution in [3.8, 4) is 0 Å². The molecule has 2 aliphatic heterocycles. The summed E-state index contributed by atoms with van der Waals surface area (Å²) in [5.41, 5.74) is -0.230. The number of likely N-dealkylation sites (tertiary alicyclic amines) is 1. The number of piperidine rings is 1. The van der Waals surface area contributed by atoms with Gasteiger partial charge in [0, 0.05) is 39.1 Å². The van der Waals surface area contributed by atoms with E-state index in [0.29, 0.717) is 18.7 Å². The van der Waals surface area contributed by atoms with Crippen molar-refractivity contribution in [2.75, 3.05) is 39.8 Å². The van der Waals surface area contributed by atoms with Gasteiger partial charge in [0.2, 0.25) is 5.91 Å². The van der Waals surface area contributed by atoms with E-state index in [1.807, 2.05) is 0 Å². The summed E-state index contributed by atoms with van der Waals surface area (Å²) in [6.45, 7) is 0.859. The number of hydrogen-bond acceptors (Lipinski definition) is 3. The van der Waals surface area contributed by atoms with Crippen LogP contribution in [0.3, 0.4) is 0 Å². The lowest BCUT2D eigenvalue weighted by atomic mass is 9.84. The molecule has 0 aliphatic carbocycles. The topological polar surface area (TPSA) is 81.2 Å². The Morgan fingerprint density at radius 3 is 2.28 bits per heavy atom. The number of carbonyl (C=O) groups excluding carboxylic acids is 2. The number of carbonyl (C=O) groups is 3. The van der Waals surface area contributed by atoms with Crippen molar-refractivity contribution in [2.45, 2.75) is 18.5 Å². The van der Waals surface area contributed by atoms with Gasteiger partial charge in [-0.15, -0.1) is 0 Å². The van der Waals surface area contributed by atoms with Crippen LogP contribution in [0.1, 0.15) is 23.5 Å². The second-order valence-electron chi connectivity index (χ2n) is 7.51. The molecule has 1 N–H and O–H groups in total. The number of likely N-dealkylation sites (N-methyl/N-ethyl adjacent to an activating group) is 1. The number of hydrogen-bond donors (Lipinski definition) is 1. The molecular weight excluding hydrogens is 391 g/mol. The van der Waals surface area contributed by atoms with Crippen LogP contribution in [0.5, 0.6) is 0 Å². The van der Waals surface area contributed by atoms with Gasteiger partial charge in [-0.25, -0.2) is 4.79 Å². The van der Waals surface area contributed by atoms with Crippen molar-refractivity contribution in [3.05, 3.63) is 35.4 Å². The average Bonchev–Trinajstić information content (AvgIpc) is 2.68. The number of rotatable bonds is 2. The van der Waals surface area contributed by atoms with Crippen LogP contribution in [0, 0.1) is 5.92 Å². The maximum Gasteiger partial charge on any atom is 0.416 e. The predicted molar refractivity (Wildman–Crippen MR) is 96.1 cm³/mol. The van der Waals surface area contributed by atoms with E-state index >= 15 is 0 Å². The summed E-state index contributed by atoms with van der Waals surface area (Å²) in [5.74, 6) is -2.49. The second-order valence-corrected chi connectivity index (χ2v) is 7.51. The van der Waals surface area contributed by atoms with Gasteiger partial charge in [-0.3, -0.25) is 9.59 Å². The normalized spacial score (nSPS) is 23.3. The van der Waals surface area contributed by atoms with E-state index in [9.17, 15) is 32.7 Å². The van der Waals surface area contributed by atoms with Gasteiger partial charge in [-0.05, 0) is 24.1 Å². The fourth-order valence-electron chi connectivity index (χ4n) is 3.74. The maximum atomic E-state index is 12.9. The summed E-state index contributed by atoms with van der Waals surface area (Å²) in [6.07, 6.45) is -4.23. The van der Waals surface area contributed by atoms with Crippen molar-refractivity contribution < 1.29 is 32.7 Å². The Bertz CT molecular complexity index is 797. The van der Waals surface area contributed by atoms with E-state index in [-0.39, 0.29) is 32.0 Å². The van der Waals surface area contributed by atoms with Gasteiger partial charge in [0.25, 0.3) is 0 Å². The molecule has 0 spiro atoms. The third kappa shape index (κ3) is 4.63. The molecule has 2 unspecified atom stereocenters. The molecule has 158 valence electrons. The molecule has 2 saturated heterocycles. The van der Waals surface area contributed by atoms with E-state index in [2.05, 4.69) is 0 Å². The van der Waals surface area contributed by atoms with Crippen molar-refractivity contribution >= 4 is 17.9 Å². The van der Waals surface area contributed by atoms with E-state index in [1.165, 1.54) is 26.8 Å². The van der Waals surface area contributed by atoms with Crippen LogP contribution in [-0.4, -0.2) is 77.5 Å². The zero-order chi connectivity index (χ0) is 21.3. The Morgan fingerprint density at radius 1 is 1.07 bits per heavy atom. The van der Waals surface area contributed by atoms with Gasteiger partial charge in [-0.1, -0.05) is 12.1 Å². The molecule has 2 fully saturated rings. The molecule has 0 bridgehead atoms. The monoisotopic (exact) mass is 413 g/mol. The van der Waals surface area contributed by atoms with E-state index in [4.69, 9.17) is 0 Å². The smallest absolute Gasteiger partial charge is 0.416 e. The highest BCUT2D eigenvalue weighted by atomic mass is 19.4. The zero-order valence-corrected chi connectivity index (χ0v) is 15.9. The van der Waals surface area contributed by atoms with Crippen LogP contribution in [0.2, 0.25) is 0 Å². The first-order chi connectivity index (χ1) is 13.6. The number of carboxylic acid groups (broad SMARTS) is 1. The summed E-state index contributed by atoms with van der Waals surface area (Å²) in [7, 11) is 1.64. The molecule has 3 rings (SSSR count). The Morgan fingerprint density at radius 2 is 1.72 bits per heavy atom. The first-order valence-corrected chi connectivity index (χ1v) is 9.24. The SMILES string of the molecule is CN1CCN(C(=O)N2CC(C(=O)O)CC(c3ccc(C(F)(F)F)cc3)C2)CC1=O.